The average Bonchev–Trinajstić information content (AvgIpc) is 2.55. The summed E-state index contributed by atoms with van der Waals surface area (Å²) in [5, 5.41) is 10.8. The predicted octanol–water partition coefficient (Wildman–Crippen LogP) is 3.41. The van der Waals surface area contributed by atoms with Gasteiger partial charge in [-0.15, -0.1) is 6.58 Å². The van der Waals surface area contributed by atoms with Crippen LogP contribution in [0.2, 0.25) is 0 Å². The van der Waals surface area contributed by atoms with Gasteiger partial charge in [0.15, 0.2) is 5.11 Å². The number of hydrogen-bond donors (Lipinski definition) is 3. The van der Waals surface area contributed by atoms with Crippen LogP contribution < -0.4 is 16.1 Å². The molecule has 0 radical (unpaired) electrons. The maximum absolute atomic E-state index is 5.03. The van der Waals surface area contributed by atoms with E-state index >= 15 is 0 Å². The molecule has 0 aliphatic carbocycles. The van der Waals surface area contributed by atoms with Gasteiger partial charge >= 0.3 is 0 Å². The van der Waals surface area contributed by atoms with Crippen LogP contribution in [0.4, 0.5) is 11.4 Å². The van der Waals surface area contributed by atoms with Crippen LogP contribution in [0.15, 0.2) is 72.4 Å². The fraction of sp³-hybridized carbons (Fsp3) is 0.0588. The summed E-state index contributed by atoms with van der Waals surface area (Å²) in [5.41, 5.74) is 5.82. The Morgan fingerprint density at radius 3 is 2.41 bits per heavy atom. The van der Waals surface area contributed by atoms with Crippen LogP contribution in [0.25, 0.3) is 0 Å². The van der Waals surface area contributed by atoms with E-state index < -0.39 is 0 Å². The number of para-hydroxylation sites is 1. The fourth-order valence-electron chi connectivity index (χ4n) is 1.71. The molecule has 0 fully saturated rings. The quantitative estimate of drug-likeness (QED) is 0.331. The second kappa shape index (κ2) is 8.59. The molecule has 0 aliphatic heterocycles. The Labute approximate surface area is 135 Å². The number of anilines is 2. The van der Waals surface area contributed by atoms with E-state index in [-0.39, 0.29) is 0 Å². The van der Waals surface area contributed by atoms with Crippen LogP contribution in [0, 0.1) is 0 Å². The summed E-state index contributed by atoms with van der Waals surface area (Å²) >= 11 is 5.03. The van der Waals surface area contributed by atoms with Crippen molar-refractivity contribution in [2.75, 3.05) is 11.9 Å². The van der Waals surface area contributed by atoms with Gasteiger partial charge in [-0.25, -0.2) is 0 Å². The summed E-state index contributed by atoms with van der Waals surface area (Å²) in [6, 6.07) is 18.0. The monoisotopic (exact) mass is 310 g/mol. The maximum atomic E-state index is 5.03. The fourth-order valence-corrected chi connectivity index (χ4v) is 1.85. The molecule has 22 heavy (non-hydrogen) atoms. The van der Waals surface area contributed by atoms with Gasteiger partial charge in [0.25, 0.3) is 0 Å². The van der Waals surface area contributed by atoms with E-state index in [0.717, 1.165) is 16.9 Å². The van der Waals surface area contributed by atoms with E-state index in [1.54, 1.807) is 12.3 Å². The molecule has 2 aromatic carbocycles. The van der Waals surface area contributed by atoms with Crippen LogP contribution in [0.5, 0.6) is 0 Å². The van der Waals surface area contributed by atoms with Gasteiger partial charge in [-0.1, -0.05) is 36.4 Å². The highest BCUT2D eigenvalue weighted by molar-refractivity contribution is 7.80. The molecular formula is C17H18N4S. The van der Waals surface area contributed by atoms with Crippen molar-refractivity contribution < 1.29 is 0 Å². The third kappa shape index (κ3) is 5.38. The molecular weight excluding hydrogens is 292 g/mol. The molecule has 0 heterocycles. The highest BCUT2D eigenvalue weighted by atomic mass is 32.1. The lowest BCUT2D eigenvalue weighted by Crippen LogP contribution is -2.31. The largest absolute Gasteiger partial charge is 0.358 e. The first kappa shape index (κ1) is 15.7. The lowest BCUT2D eigenvalue weighted by atomic mass is 10.2. The highest BCUT2D eigenvalue weighted by Crippen LogP contribution is 2.15. The number of thiocarbonyl (C=S) groups is 1. The second-order valence-corrected chi connectivity index (χ2v) is 4.89. The zero-order valence-corrected chi connectivity index (χ0v) is 12.9. The topological polar surface area (TPSA) is 48.5 Å². The molecule has 0 saturated heterocycles. The van der Waals surface area contributed by atoms with Crippen LogP contribution in [-0.4, -0.2) is 17.9 Å². The zero-order chi connectivity index (χ0) is 15.6. The molecule has 3 N–H and O–H groups in total. The first-order valence-electron chi connectivity index (χ1n) is 6.88. The predicted molar refractivity (Wildman–Crippen MR) is 97.7 cm³/mol. The van der Waals surface area contributed by atoms with E-state index in [2.05, 4.69) is 27.7 Å². The lowest BCUT2D eigenvalue weighted by molar-refractivity contribution is 0.942. The van der Waals surface area contributed by atoms with Crippen molar-refractivity contribution in [1.82, 2.24) is 10.7 Å². The summed E-state index contributed by atoms with van der Waals surface area (Å²) in [6.07, 6.45) is 3.45. The van der Waals surface area contributed by atoms with Gasteiger partial charge in [0.2, 0.25) is 0 Å². The standard InChI is InChI=1S/C17H18N4S/c1-2-12-18-17(22)21-19-13-14-8-10-16(11-9-14)20-15-6-4-3-5-7-15/h2-11,13,20H,1,12H2,(H2,18,21,22)/b19-13-. The number of rotatable bonds is 6. The molecule has 0 spiro atoms. The van der Waals surface area contributed by atoms with E-state index in [1.807, 2.05) is 54.6 Å². The first-order chi connectivity index (χ1) is 10.8. The lowest BCUT2D eigenvalue weighted by Gasteiger charge is -2.06. The second-order valence-electron chi connectivity index (χ2n) is 4.48. The minimum absolute atomic E-state index is 0.471. The van der Waals surface area contributed by atoms with Gasteiger partial charge in [0.05, 0.1) is 6.21 Å². The normalized spacial score (nSPS) is 10.2. The third-order valence-electron chi connectivity index (χ3n) is 2.76. The maximum Gasteiger partial charge on any atom is 0.187 e. The summed E-state index contributed by atoms with van der Waals surface area (Å²) in [7, 11) is 0. The average molecular weight is 310 g/mol. The van der Waals surface area contributed by atoms with Crippen molar-refractivity contribution in [1.29, 1.82) is 0 Å². The highest BCUT2D eigenvalue weighted by Gasteiger charge is 1.94. The number of hydrogen-bond acceptors (Lipinski definition) is 3. The Kier molecular flexibility index (Phi) is 6.14. The molecule has 0 amide bonds. The first-order valence-corrected chi connectivity index (χ1v) is 7.28. The van der Waals surface area contributed by atoms with Crippen molar-refractivity contribution in [2.24, 2.45) is 5.10 Å². The minimum atomic E-state index is 0.471. The van der Waals surface area contributed by atoms with E-state index in [1.165, 1.54) is 0 Å². The van der Waals surface area contributed by atoms with Gasteiger partial charge in [-0.05, 0) is 42.0 Å². The molecule has 0 aliphatic rings. The smallest absolute Gasteiger partial charge is 0.187 e. The van der Waals surface area contributed by atoms with Crippen molar-refractivity contribution in [3.63, 3.8) is 0 Å². The molecule has 2 aromatic rings. The van der Waals surface area contributed by atoms with Gasteiger partial charge in [0, 0.05) is 17.9 Å². The number of hydrazone groups is 1. The molecule has 4 nitrogen and oxygen atoms in total. The number of benzene rings is 2. The van der Waals surface area contributed by atoms with Gasteiger partial charge in [-0.3, -0.25) is 5.43 Å². The summed E-state index contributed by atoms with van der Waals surface area (Å²) in [6.45, 7) is 4.22. The van der Waals surface area contributed by atoms with Crippen molar-refractivity contribution in [2.45, 2.75) is 0 Å². The van der Waals surface area contributed by atoms with Crippen LogP contribution in [-0.2, 0) is 0 Å². The van der Waals surface area contributed by atoms with Gasteiger partial charge < -0.3 is 10.6 Å². The Morgan fingerprint density at radius 2 is 1.73 bits per heavy atom. The minimum Gasteiger partial charge on any atom is -0.358 e. The van der Waals surface area contributed by atoms with Crippen LogP contribution in [0.1, 0.15) is 5.56 Å². The molecule has 5 heteroatoms. The van der Waals surface area contributed by atoms with Crippen LogP contribution in [0.3, 0.4) is 0 Å². The van der Waals surface area contributed by atoms with E-state index in [9.17, 15) is 0 Å². The third-order valence-corrected chi connectivity index (χ3v) is 3.00. The Bertz CT molecular complexity index is 635. The number of nitrogens with zero attached hydrogens (tertiary/aromatic N) is 1. The zero-order valence-electron chi connectivity index (χ0n) is 12.1. The Balaban J connectivity index is 1.86. The van der Waals surface area contributed by atoms with Gasteiger partial charge in [-0.2, -0.15) is 5.10 Å². The molecule has 0 bridgehead atoms. The van der Waals surface area contributed by atoms with Gasteiger partial charge in [0.1, 0.15) is 0 Å². The number of nitrogens with one attached hydrogen (secondary N) is 3. The van der Waals surface area contributed by atoms with Crippen molar-refractivity contribution in [3.8, 4) is 0 Å². The van der Waals surface area contributed by atoms with Crippen molar-refractivity contribution in [3.05, 3.63) is 72.8 Å². The molecule has 112 valence electrons. The molecule has 0 aromatic heterocycles. The van der Waals surface area contributed by atoms with Crippen LogP contribution >= 0.6 is 12.2 Å². The van der Waals surface area contributed by atoms with E-state index in [4.69, 9.17) is 12.2 Å². The van der Waals surface area contributed by atoms with E-state index in [0.29, 0.717) is 11.7 Å². The molecule has 0 saturated carbocycles. The summed E-state index contributed by atoms with van der Waals surface area (Å²) < 4.78 is 0. The van der Waals surface area contributed by atoms with Crippen molar-refractivity contribution >= 4 is 34.9 Å². The SMILES string of the molecule is C=CCNC(=S)N/N=C\c1ccc(Nc2ccccc2)cc1. The molecule has 0 atom stereocenters. The Hall–Kier alpha value is -2.66. The molecule has 0 unspecified atom stereocenters. The summed E-state index contributed by atoms with van der Waals surface area (Å²) in [4.78, 5) is 0. The summed E-state index contributed by atoms with van der Waals surface area (Å²) in [5.74, 6) is 0. The Morgan fingerprint density at radius 1 is 1.05 bits per heavy atom. The molecule has 2 rings (SSSR count).